The molecule has 0 N–H and O–H groups in total. The highest BCUT2D eigenvalue weighted by atomic mass is 32.2. The number of nitrogens with zero attached hydrogens (tertiary/aromatic N) is 1. The van der Waals surface area contributed by atoms with Crippen LogP contribution in [0, 0.1) is 11.6 Å². The second-order valence-corrected chi connectivity index (χ2v) is 6.23. The Morgan fingerprint density at radius 3 is 2.12 bits per heavy atom. The summed E-state index contributed by atoms with van der Waals surface area (Å²) >= 11 is -1.43. The van der Waals surface area contributed by atoms with Gasteiger partial charge in [0, 0.05) is 11.6 Å². The van der Waals surface area contributed by atoms with E-state index in [9.17, 15) is 13.3 Å². The minimum absolute atomic E-state index is 0.259. The van der Waals surface area contributed by atoms with E-state index < -0.39 is 27.7 Å². The second kappa shape index (κ2) is 4.93. The molecular formula is C11H13F2NOS. The molecule has 88 valence electrons. The van der Waals surface area contributed by atoms with Crippen molar-refractivity contribution in [3.05, 3.63) is 35.4 Å². The molecule has 1 rings (SSSR count). The number of halogens is 2. The molecule has 0 aliphatic carbocycles. The van der Waals surface area contributed by atoms with Crippen molar-refractivity contribution in [3.8, 4) is 0 Å². The maximum absolute atomic E-state index is 12.8. The van der Waals surface area contributed by atoms with Crippen LogP contribution in [0.4, 0.5) is 8.78 Å². The first-order valence-corrected chi connectivity index (χ1v) is 5.82. The third kappa shape index (κ3) is 3.90. The van der Waals surface area contributed by atoms with Gasteiger partial charge in [0.2, 0.25) is 0 Å². The van der Waals surface area contributed by atoms with Gasteiger partial charge in [-0.25, -0.2) is 8.78 Å². The molecule has 2 nitrogen and oxygen atoms in total. The Morgan fingerprint density at radius 1 is 1.19 bits per heavy atom. The largest absolute Gasteiger partial charge is 0.591 e. The molecule has 0 spiro atoms. The summed E-state index contributed by atoms with van der Waals surface area (Å²) in [5, 5.41) is 0. The predicted molar refractivity (Wildman–Crippen MR) is 61.8 cm³/mol. The van der Waals surface area contributed by atoms with Crippen LogP contribution >= 0.6 is 0 Å². The highest BCUT2D eigenvalue weighted by molar-refractivity contribution is 7.91. The van der Waals surface area contributed by atoms with E-state index in [4.69, 9.17) is 0 Å². The van der Waals surface area contributed by atoms with Crippen LogP contribution in [0.25, 0.3) is 0 Å². The summed E-state index contributed by atoms with van der Waals surface area (Å²) in [5.41, 5.74) is 0.259. The molecule has 0 aliphatic heterocycles. The van der Waals surface area contributed by atoms with Gasteiger partial charge in [0.15, 0.2) is 0 Å². The standard InChI is InChI=1S/C11H13F2NOS/c1-11(2,3)16(15)14-7-8-4-9(12)6-10(13)5-8/h4-7H,1-3H3/b14-7+/t16-/m0/s1. The monoisotopic (exact) mass is 245 g/mol. The fraction of sp³-hybridized carbons (Fsp3) is 0.364. The molecule has 0 radical (unpaired) electrons. The van der Waals surface area contributed by atoms with Crippen molar-refractivity contribution < 1.29 is 13.3 Å². The molecule has 1 aromatic rings. The lowest BCUT2D eigenvalue weighted by Gasteiger charge is -2.17. The van der Waals surface area contributed by atoms with Crippen LogP contribution in [-0.2, 0) is 11.4 Å². The van der Waals surface area contributed by atoms with E-state index >= 15 is 0 Å². The van der Waals surface area contributed by atoms with E-state index in [0.717, 1.165) is 18.2 Å². The molecule has 0 aromatic heterocycles. The van der Waals surface area contributed by atoms with E-state index in [1.807, 2.05) is 0 Å². The molecule has 0 saturated heterocycles. The van der Waals surface area contributed by atoms with Gasteiger partial charge in [-0.05, 0) is 32.9 Å². The van der Waals surface area contributed by atoms with Gasteiger partial charge < -0.3 is 4.55 Å². The molecule has 0 amide bonds. The number of rotatable bonds is 2. The van der Waals surface area contributed by atoms with Crippen molar-refractivity contribution in [1.82, 2.24) is 0 Å². The van der Waals surface area contributed by atoms with Crippen molar-refractivity contribution >= 4 is 17.6 Å². The molecule has 1 atom stereocenters. The molecular weight excluding hydrogens is 232 g/mol. The summed E-state index contributed by atoms with van der Waals surface area (Å²) in [4.78, 5) is 0. The molecule has 0 fully saturated rings. The minimum Gasteiger partial charge on any atom is -0.591 e. The van der Waals surface area contributed by atoms with Crippen LogP contribution in [0.1, 0.15) is 26.3 Å². The molecule has 0 unspecified atom stereocenters. The number of benzene rings is 1. The van der Waals surface area contributed by atoms with Crippen LogP contribution < -0.4 is 0 Å². The highest BCUT2D eigenvalue weighted by Gasteiger charge is 2.25. The topological polar surface area (TPSA) is 35.4 Å². The maximum atomic E-state index is 12.8. The van der Waals surface area contributed by atoms with E-state index in [1.165, 1.54) is 6.21 Å². The summed E-state index contributed by atoms with van der Waals surface area (Å²) in [5.74, 6) is -1.36. The second-order valence-electron chi connectivity index (χ2n) is 4.30. The fourth-order valence-electron chi connectivity index (χ4n) is 0.917. The van der Waals surface area contributed by atoms with Gasteiger partial charge in [-0.2, -0.15) is 0 Å². The van der Waals surface area contributed by atoms with Gasteiger partial charge in [0.25, 0.3) is 0 Å². The lowest BCUT2D eigenvalue weighted by Crippen LogP contribution is -2.25. The van der Waals surface area contributed by atoms with Crippen molar-refractivity contribution in [3.63, 3.8) is 0 Å². The Bertz CT molecular complexity index is 381. The highest BCUT2D eigenvalue weighted by Crippen LogP contribution is 2.17. The van der Waals surface area contributed by atoms with Gasteiger partial charge in [-0.1, -0.05) is 4.40 Å². The normalized spacial score (nSPS) is 14.4. The van der Waals surface area contributed by atoms with Gasteiger partial charge in [-0.3, -0.25) is 0 Å². The van der Waals surface area contributed by atoms with Crippen LogP contribution in [0.3, 0.4) is 0 Å². The van der Waals surface area contributed by atoms with E-state index in [0.29, 0.717) is 0 Å². The first-order valence-electron chi connectivity index (χ1n) is 4.71. The van der Waals surface area contributed by atoms with Gasteiger partial charge in [0.1, 0.15) is 27.7 Å². The maximum Gasteiger partial charge on any atom is 0.144 e. The first-order chi connectivity index (χ1) is 7.29. The van der Waals surface area contributed by atoms with E-state index in [-0.39, 0.29) is 5.56 Å². The van der Waals surface area contributed by atoms with Crippen LogP contribution in [0.5, 0.6) is 0 Å². The van der Waals surface area contributed by atoms with Gasteiger partial charge >= 0.3 is 0 Å². The van der Waals surface area contributed by atoms with E-state index in [1.54, 1.807) is 20.8 Å². The zero-order valence-electron chi connectivity index (χ0n) is 9.33. The van der Waals surface area contributed by atoms with Gasteiger partial charge in [-0.15, -0.1) is 0 Å². The lowest BCUT2D eigenvalue weighted by atomic mass is 10.2. The quantitative estimate of drug-likeness (QED) is 0.583. The zero-order valence-corrected chi connectivity index (χ0v) is 10.1. The fourth-order valence-corrected chi connectivity index (χ4v) is 1.45. The average Bonchev–Trinajstić information content (AvgIpc) is 2.11. The Kier molecular flexibility index (Phi) is 4.04. The molecule has 0 aliphatic rings. The molecule has 0 saturated carbocycles. The molecule has 1 aromatic carbocycles. The number of hydrogen-bond donors (Lipinski definition) is 0. The van der Waals surface area contributed by atoms with Crippen molar-refractivity contribution in [1.29, 1.82) is 0 Å². The Labute approximate surface area is 96.7 Å². The van der Waals surface area contributed by atoms with Crippen LogP contribution in [0.15, 0.2) is 22.6 Å². The Hall–Kier alpha value is -0.940. The predicted octanol–water partition coefficient (Wildman–Crippen LogP) is 2.85. The number of hydrogen-bond acceptors (Lipinski definition) is 2. The lowest BCUT2D eigenvalue weighted by molar-refractivity contribution is 0.561. The smallest absolute Gasteiger partial charge is 0.144 e. The van der Waals surface area contributed by atoms with Crippen LogP contribution in [0.2, 0.25) is 0 Å². The van der Waals surface area contributed by atoms with E-state index in [2.05, 4.69) is 4.40 Å². The van der Waals surface area contributed by atoms with Crippen molar-refractivity contribution in [2.75, 3.05) is 0 Å². The summed E-state index contributed by atoms with van der Waals surface area (Å²) in [6, 6.07) is 3.04. The zero-order chi connectivity index (χ0) is 12.3. The summed E-state index contributed by atoms with van der Waals surface area (Å²) in [6.07, 6.45) is 1.22. The van der Waals surface area contributed by atoms with Crippen molar-refractivity contribution in [2.45, 2.75) is 25.5 Å². The molecule has 0 heterocycles. The Morgan fingerprint density at radius 2 is 1.69 bits per heavy atom. The van der Waals surface area contributed by atoms with Crippen molar-refractivity contribution in [2.24, 2.45) is 4.40 Å². The molecule has 5 heteroatoms. The third-order valence-corrected chi connectivity index (χ3v) is 3.05. The summed E-state index contributed by atoms with van der Waals surface area (Å²) in [6.45, 7) is 5.31. The summed E-state index contributed by atoms with van der Waals surface area (Å²) in [7, 11) is 0. The first kappa shape index (κ1) is 13.1. The molecule has 0 bridgehead atoms. The minimum atomic E-state index is -1.43. The van der Waals surface area contributed by atoms with Gasteiger partial charge in [0.05, 0.1) is 6.21 Å². The third-order valence-electron chi connectivity index (χ3n) is 1.71. The van der Waals surface area contributed by atoms with Crippen LogP contribution in [-0.4, -0.2) is 15.5 Å². The molecule has 16 heavy (non-hydrogen) atoms. The Balaban J connectivity index is 2.84. The SMILES string of the molecule is CC(C)(C)[S@+]([O-])/N=C/c1cc(F)cc(F)c1. The average molecular weight is 245 g/mol. The summed E-state index contributed by atoms with van der Waals surface area (Å²) < 4.78 is 40.4.